The van der Waals surface area contributed by atoms with E-state index in [-0.39, 0.29) is 5.91 Å². The van der Waals surface area contributed by atoms with Crippen molar-refractivity contribution in [2.24, 2.45) is 0 Å². The third-order valence-electron chi connectivity index (χ3n) is 2.79. The van der Waals surface area contributed by atoms with E-state index in [0.29, 0.717) is 6.42 Å². The monoisotopic (exact) mass is 243 g/mol. The minimum Gasteiger partial charge on any atom is -0.325 e. The van der Waals surface area contributed by atoms with E-state index in [1.165, 1.54) is 0 Å². The predicted octanol–water partition coefficient (Wildman–Crippen LogP) is 2.17. The van der Waals surface area contributed by atoms with Crippen molar-refractivity contribution in [1.29, 1.82) is 0 Å². The minimum absolute atomic E-state index is 0.0432. The molecular formula is C14H17N3O. The largest absolute Gasteiger partial charge is 0.325 e. The number of benzene rings is 1. The molecule has 0 aliphatic rings. The maximum Gasteiger partial charge on any atom is 0.224 e. The second-order valence-electron chi connectivity index (χ2n) is 4.16. The molecule has 4 heteroatoms. The summed E-state index contributed by atoms with van der Waals surface area (Å²) >= 11 is 0. The highest BCUT2D eigenvalue weighted by molar-refractivity contribution is 6.01. The van der Waals surface area contributed by atoms with E-state index in [0.717, 1.165) is 29.4 Å². The lowest BCUT2D eigenvalue weighted by molar-refractivity contribution is -0.116. The molecule has 18 heavy (non-hydrogen) atoms. The van der Waals surface area contributed by atoms with Crippen molar-refractivity contribution in [3.8, 4) is 0 Å². The minimum atomic E-state index is 0.0432. The van der Waals surface area contributed by atoms with Gasteiger partial charge in [0, 0.05) is 24.2 Å². The first-order valence-corrected chi connectivity index (χ1v) is 6.08. The van der Waals surface area contributed by atoms with E-state index in [1.54, 1.807) is 12.4 Å². The Morgan fingerprint density at radius 2 is 2.22 bits per heavy atom. The average Bonchev–Trinajstić information content (AvgIpc) is 2.39. The Morgan fingerprint density at radius 1 is 1.33 bits per heavy atom. The molecule has 0 unspecified atom stereocenters. The van der Waals surface area contributed by atoms with Crippen LogP contribution in [0.1, 0.15) is 12.8 Å². The number of anilines is 1. The molecule has 0 atom stereocenters. The number of rotatable bonds is 5. The third kappa shape index (κ3) is 3.05. The van der Waals surface area contributed by atoms with Crippen LogP contribution in [0, 0.1) is 0 Å². The Bertz CT molecular complexity index is 534. The Balaban J connectivity index is 2.09. The molecule has 0 spiro atoms. The molecular weight excluding hydrogens is 226 g/mol. The van der Waals surface area contributed by atoms with Gasteiger partial charge in [-0.2, -0.15) is 0 Å². The van der Waals surface area contributed by atoms with Gasteiger partial charge in [-0.1, -0.05) is 12.1 Å². The molecule has 0 radical (unpaired) electrons. The van der Waals surface area contributed by atoms with Crippen LogP contribution in [-0.4, -0.2) is 24.5 Å². The summed E-state index contributed by atoms with van der Waals surface area (Å²) in [6, 6.07) is 7.78. The van der Waals surface area contributed by atoms with Gasteiger partial charge in [0.25, 0.3) is 0 Å². The van der Waals surface area contributed by atoms with Crippen molar-refractivity contribution in [2.45, 2.75) is 12.8 Å². The summed E-state index contributed by atoms with van der Waals surface area (Å²) in [6.45, 7) is 0.852. The Kier molecular flexibility index (Phi) is 4.25. The van der Waals surface area contributed by atoms with Crippen molar-refractivity contribution < 1.29 is 4.79 Å². The van der Waals surface area contributed by atoms with Gasteiger partial charge >= 0.3 is 0 Å². The second-order valence-corrected chi connectivity index (χ2v) is 4.16. The SMILES string of the molecule is CNCCCC(=O)Nc1cccc2ccncc12. The number of amides is 1. The highest BCUT2D eigenvalue weighted by Crippen LogP contribution is 2.22. The zero-order valence-electron chi connectivity index (χ0n) is 10.4. The molecule has 0 bridgehead atoms. The number of hydrogen-bond donors (Lipinski definition) is 2. The van der Waals surface area contributed by atoms with Crippen LogP contribution in [0.5, 0.6) is 0 Å². The van der Waals surface area contributed by atoms with E-state index in [1.807, 2.05) is 31.3 Å². The Hall–Kier alpha value is -1.94. The first-order chi connectivity index (χ1) is 8.81. The van der Waals surface area contributed by atoms with Crippen LogP contribution in [0.2, 0.25) is 0 Å². The van der Waals surface area contributed by atoms with Crippen molar-refractivity contribution in [3.05, 3.63) is 36.7 Å². The standard InChI is InChI=1S/C14H17N3O/c1-15-8-3-6-14(18)17-13-5-2-4-11-7-9-16-10-12(11)13/h2,4-5,7,9-10,15H,3,6,8H2,1H3,(H,17,18). The summed E-state index contributed by atoms with van der Waals surface area (Å²) in [7, 11) is 1.88. The Labute approximate surface area is 106 Å². The molecule has 1 heterocycles. The van der Waals surface area contributed by atoms with Crippen molar-refractivity contribution in [1.82, 2.24) is 10.3 Å². The average molecular weight is 243 g/mol. The smallest absolute Gasteiger partial charge is 0.224 e. The van der Waals surface area contributed by atoms with Crippen LogP contribution >= 0.6 is 0 Å². The van der Waals surface area contributed by atoms with Crippen molar-refractivity contribution in [3.63, 3.8) is 0 Å². The van der Waals surface area contributed by atoms with Crippen LogP contribution in [0.3, 0.4) is 0 Å². The molecule has 2 rings (SSSR count). The van der Waals surface area contributed by atoms with E-state index in [2.05, 4.69) is 15.6 Å². The molecule has 4 nitrogen and oxygen atoms in total. The highest BCUT2D eigenvalue weighted by atomic mass is 16.1. The van der Waals surface area contributed by atoms with Gasteiger partial charge in [0.1, 0.15) is 0 Å². The van der Waals surface area contributed by atoms with Crippen LogP contribution in [0.4, 0.5) is 5.69 Å². The maximum absolute atomic E-state index is 11.8. The number of nitrogens with one attached hydrogen (secondary N) is 2. The van der Waals surface area contributed by atoms with Crippen LogP contribution < -0.4 is 10.6 Å². The molecule has 0 saturated carbocycles. The number of pyridine rings is 1. The van der Waals surface area contributed by atoms with Crippen LogP contribution in [-0.2, 0) is 4.79 Å². The van der Waals surface area contributed by atoms with E-state index in [4.69, 9.17) is 0 Å². The maximum atomic E-state index is 11.8. The van der Waals surface area contributed by atoms with Gasteiger partial charge in [-0.3, -0.25) is 9.78 Å². The van der Waals surface area contributed by atoms with Crippen LogP contribution in [0.25, 0.3) is 10.8 Å². The van der Waals surface area contributed by atoms with Gasteiger partial charge in [0.15, 0.2) is 0 Å². The zero-order valence-corrected chi connectivity index (χ0v) is 10.4. The molecule has 1 amide bonds. The van der Waals surface area contributed by atoms with E-state index >= 15 is 0 Å². The number of carbonyl (C=O) groups excluding carboxylic acids is 1. The fraction of sp³-hybridized carbons (Fsp3) is 0.286. The number of hydrogen-bond acceptors (Lipinski definition) is 3. The second kappa shape index (κ2) is 6.12. The van der Waals surface area contributed by atoms with Gasteiger partial charge in [-0.05, 0) is 37.5 Å². The van der Waals surface area contributed by atoms with Gasteiger partial charge in [0.2, 0.25) is 5.91 Å². The lowest BCUT2D eigenvalue weighted by Crippen LogP contribution is -2.15. The molecule has 1 aromatic carbocycles. The fourth-order valence-corrected chi connectivity index (χ4v) is 1.86. The lowest BCUT2D eigenvalue weighted by atomic mass is 10.1. The molecule has 0 aliphatic carbocycles. The number of fused-ring (bicyclic) bond motifs is 1. The molecule has 0 aliphatic heterocycles. The number of nitrogens with zero attached hydrogens (tertiary/aromatic N) is 1. The summed E-state index contributed by atoms with van der Waals surface area (Å²) in [5, 5.41) is 8.02. The summed E-state index contributed by atoms with van der Waals surface area (Å²) in [5.74, 6) is 0.0432. The topological polar surface area (TPSA) is 54.0 Å². The molecule has 2 aromatic rings. The fourth-order valence-electron chi connectivity index (χ4n) is 1.86. The molecule has 2 N–H and O–H groups in total. The van der Waals surface area contributed by atoms with E-state index < -0.39 is 0 Å². The van der Waals surface area contributed by atoms with E-state index in [9.17, 15) is 4.79 Å². The lowest BCUT2D eigenvalue weighted by Gasteiger charge is -2.08. The first kappa shape index (κ1) is 12.5. The predicted molar refractivity (Wildman–Crippen MR) is 73.5 cm³/mol. The van der Waals surface area contributed by atoms with Crippen molar-refractivity contribution >= 4 is 22.4 Å². The van der Waals surface area contributed by atoms with Gasteiger partial charge in [-0.15, -0.1) is 0 Å². The van der Waals surface area contributed by atoms with Gasteiger partial charge in [-0.25, -0.2) is 0 Å². The zero-order chi connectivity index (χ0) is 12.8. The Morgan fingerprint density at radius 3 is 3.06 bits per heavy atom. The summed E-state index contributed by atoms with van der Waals surface area (Å²) < 4.78 is 0. The molecule has 0 saturated heterocycles. The molecule has 94 valence electrons. The summed E-state index contributed by atoms with van der Waals surface area (Å²) in [4.78, 5) is 15.9. The highest BCUT2D eigenvalue weighted by Gasteiger charge is 2.05. The summed E-state index contributed by atoms with van der Waals surface area (Å²) in [5.41, 5.74) is 0.829. The van der Waals surface area contributed by atoms with Gasteiger partial charge in [0.05, 0.1) is 5.69 Å². The quantitative estimate of drug-likeness (QED) is 0.791. The van der Waals surface area contributed by atoms with Crippen molar-refractivity contribution in [2.75, 3.05) is 18.9 Å². The third-order valence-corrected chi connectivity index (χ3v) is 2.79. The molecule has 1 aromatic heterocycles. The van der Waals surface area contributed by atoms with Crippen LogP contribution in [0.15, 0.2) is 36.7 Å². The normalized spacial score (nSPS) is 10.5. The first-order valence-electron chi connectivity index (χ1n) is 6.08. The van der Waals surface area contributed by atoms with Gasteiger partial charge < -0.3 is 10.6 Å². The summed E-state index contributed by atoms with van der Waals surface area (Å²) in [6.07, 6.45) is 4.89. The molecule has 0 fully saturated rings. The number of aromatic nitrogens is 1. The number of carbonyl (C=O) groups is 1.